The highest BCUT2D eigenvalue weighted by atomic mass is 35.5. The highest BCUT2D eigenvalue weighted by Gasteiger charge is 2.14. The van der Waals surface area contributed by atoms with Crippen LogP contribution in [0.5, 0.6) is 0 Å². The summed E-state index contributed by atoms with van der Waals surface area (Å²) in [5, 5.41) is 1.05. The highest BCUT2D eigenvalue weighted by Crippen LogP contribution is 2.30. The summed E-state index contributed by atoms with van der Waals surface area (Å²) in [5.74, 6) is 0.787. The third-order valence-electron chi connectivity index (χ3n) is 2.90. The van der Waals surface area contributed by atoms with Crippen molar-refractivity contribution in [2.75, 3.05) is 0 Å². The molecule has 0 fully saturated rings. The Balaban J connectivity index is 2.70. The third kappa shape index (κ3) is 2.82. The van der Waals surface area contributed by atoms with Gasteiger partial charge in [0, 0.05) is 22.1 Å². The third-order valence-corrected chi connectivity index (χ3v) is 3.45. The van der Waals surface area contributed by atoms with Crippen LogP contribution in [0.3, 0.4) is 0 Å². The van der Waals surface area contributed by atoms with Gasteiger partial charge >= 0.3 is 0 Å². The number of aromatic amines is 1. The number of nitrogens with one attached hydrogen (secondary N) is 1. The number of aromatic nitrogens is 2. The molecule has 0 spiro atoms. The van der Waals surface area contributed by atoms with Crippen LogP contribution in [0.25, 0.3) is 11.3 Å². The van der Waals surface area contributed by atoms with Gasteiger partial charge in [0.25, 0.3) is 5.56 Å². The summed E-state index contributed by atoms with van der Waals surface area (Å²) in [6.07, 6.45) is 0. The van der Waals surface area contributed by atoms with Crippen LogP contribution in [-0.2, 0) is 0 Å². The lowest BCUT2D eigenvalue weighted by Crippen LogP contribution is -2.17. The Morgan fingerprint density at radius 3 is 2.53 bits per heavy atom. The number of hydrogen-bond acceptors (Lipinski definition) is 2. The fourth-order valence-electron chi connectivity index (χ4n) is 1.77. The predicted molar refractivity (Wildman–Crippen MR) is 79.1 cm³/mol. The second-order valence-corrected chi connectivity index (χ2v) is 5.55. The molecule has 0 unspecified atom stereocenters. The van der Waals surface area contributed by atoms with Gasteiger partial charge in [0.1, 0.15) is 5.82 Å². The van der Waals surface area contributed by atoms with Gasteiger partial charge in [0.05, 0.1) is 10.7 Å². The van der Waals surface area contributed by atoms with Crippen molar-refractivity contribution in [3.05, 3.63) is 50.0 Å². The maximum absolute atomic E-state index is 12.0. The summed E-state index contributed by atoms with van der Waals surface area (Å²) >= 11 is 12.1. The average molecular weight is 297 g/mol. The molecule has 100 valence electrons. The van der Waals surface area contributed by atoms with Crippen LogP contribution < -0.4 is 5.56 Å². The topological polar surface area (TPSA) is 45.8 Å². The van der Waals surface area contributed by atoms with Crippen LogP contribution in [0, 0.1) is 6.92 Å². The van der Waals surface area contributed by atoms with E-state index in [4.69, 9.17) is 23.2 Å². The van der Waals surface area contributed by atoms with Crippen LogP contribution in [0.1, 0.15) is 31.2 Å². The van der Waals surface area contributed by atoms with Gasteiger partial charge in [-0.2, -0.15) is 0 Å². The van der Waals surface area contributed by atoms with Crippen molar-refractivity contribution in [2.24, 2.45) is 0 Å². The van der Waals surface area contributed by atoms with E-state index in [1.807, 2.05) is 13.8 Å². The van der Waals surface area contributed by atoms with E-state index in [1.165, 1.54) is 0 Å². The van der Waals surface area contributed by atoms with Crippen molar-refractivity contribution in [1.82, 2.24) is 9.97 Å². The summed E-state index contributed by atoms with van der Waals surface area (Å²) in [4.78, 5) is 19.2. The van der Waals surface area contributed by atoms with E-state index in [2.05, 4.69) is 9.97 Å². The van der Waals surface area contributed by atoms with Crippen molar-refractivity contribution < 1.29 is 0 Å². The van der Waals surface area contributed by atoms with Crippen molar-refractivity contribution in [3.8, 4) is 11.3 Å². The molecule has 1 heterocycles. The second-order valence-electron chi connectivity index (χ2n) is 4.70. The monoisotopic (exact) mass is 296 g/mol. The largest absolute Gasteiger partial charge is 0.310 e. The standard InChI is InChI=1S/C14H14Cl2N2O/c1-7(2)13-17-12(8(3)14(19)18-13)10-5-4-9(15)6-11(10)16/h4-7H,1-3H3,(H,17,18,19). The molecule has 0 atom stereocenters. The number of nitrogens with zero attached hydrogens (tertiary/aromatic N) is 1. The average Bonchev–Trinajstić information content (AvgIpc) is 2.33. The van der Waals surface area contributed by atoms with E-state index in [9.17, 15) is 4.79 Å². The lowest BCUT2D eigenvalue weighted by Gasteiger charge is -2.11. The minimum absolute atomic E-state index is 0.137. The van der Waals surface area contributed by atoms with E-state index in [-0.39, 0.29) is 11.5 Å². The van der Waals surface area contributed by atoms with Gasteiger partial charge in [-0.3, -0.25) is 4.79 Å². The molecule has 0 bridgehead atoms. The molecule has 2 rings (SSSR count). The van der Waals surface area contributed by atoms with Gasteiger partial charge in [-0.15, -0.1) is 0 Å². The Hall–Kier alpha value is -1.32. The molecule has 1 N–H and O–H groups in total. The number of hydrogen-bond donors (Lipinski definition) is 1. The quantitative estimate of drug-likeness (QED) is 0.904. The van der Waals surface area contributed by atoms with Crippen LogP contribution in [-0.4, -0.2) is 9.97 Å². The van der Waals surface area contributed by atoms with Crippen LogP contribution >= 0.6 is 23.2 Å². The molecule has 2 aromatic rings. The normalized spacial score (nSPS) is 11.1. The number of benzene rings is 1. The maximum Gasteiger partial charge on any atom is 0.254 e. The molecule has 0 aliphatic carbocycles. The van der Waals surface area contributed by atoms with Gasteiger partial charge in [-0.1, -0.05) is 37.0 Å². The summed E-state index contributed by atoms with van der Waals surface area (Å²) in [5.41, 5.74) is 1.74. The first-order valence-corrected chi connectivity index (χ1v) is 6.72. The van der Waals surface area contributed by atoms with Crippen molar-refractivity contribution in [1.29, 1.82) is 0 Å². The van der Waals surface area contributed by atoms with E-state index in [0.717, 1.165) is 5.56 Å². The molecule has 5 heteroatoms. The van der Waals surface area contributed by atoms with Gasteiger partial charge < -0.3 is 4.98 Å². The maximum atomic E-state index is 12.0. The zero-order valence-electron chi connectivity index (χ0n) is 10.9. The zero-order chi connectivity index (χ0) is 14.2. The van der Waals surface area contributed by atoms with E-state index < -0.39 is 0 Å². The van der Waals surface area contributed by atoms with E-state index >= 15 is 0 Å². The molecule has 0 radical (unpaired) electrons. The Labute approximate surface area is 121 Å². The van der Waals surface area contributed by atoms with Crippen molar-refractivity contribution in [2.45, 2.75) is 26.7 Å². The molecule has 1 aromatic carbocycles. The number of H-pyrrole nitrogens is 1. The van der Waals surface area contributed by atoms with Crippen LogP contribution in [0.4, 0.5) is 0 Å². The minimum Gasteiger partial charge on any atom is -0.310 e. The van der Waals surface area contributed by atoms with Gasteiger partial charge in [-0.25, -0.2) is 4.98 Å². The number of halogens is 2. The van der Waals surface area contributed by atoms with Crippen LogP contribution in [0.2, 0.25) is 10.0 Å². The lowest BCUT2D eigenvalue weighted by atomic mass is 10.1. The zero-order valence-corrected chi connectivity index (χ0v) is 12.4. The van der Waals surface area contributed by atoms with Gasteiger partial charge in [0.2, 0.25) is 0 Å². The molecule has 0 aliphatic heterocycles. The molecular formula is C14H14Cl2N2O. The summed E-state index contributed by atoms with van der Waals surface area (Å²) in [6, 6.07) is 5.17. The Bertz CT molecular complexity index is 678. The molecule has 0 saturated heterocycles. The SMILES string of the molecule is Cc1c(-c2ccc(Cl)cc2Cl)nc(C(C)C)[nH]c1=O. The van der Waals surface area contributed by atoms with Crippen molar-refractivity contribution >= 4 is 23.2 Å². The first-order chi connectivity index (χ1) is 8.90. The van der Waals surface area contributed by atoms with Gasteiger partial charge in [-0.05, 0) is 25.1 Å². The van der Waals surface area contributed by atoms with Gasteiger partial charge in [0.15, 0.2) is 0 Å². The first kappa shape index (κ1) is 14.1. The Kier molecular flexibility index (Phi) is 3.97. The Morgan fingerprint density at radius 2 is 1.95 bits per heavy atom. The molecule has 1 aromatic heterocycles. The van der Waals surface area contributed by atoms with E-state index in [0.29, 0.717) is 27.1 Å². The first-order valence-electron chi connectivity index (χ1n) is 5.96. The molecular weight excluding hydrogens is 283 g/mol. The minimum atomic E-state index is -0.139. The summed E-state index contributed by atoms with van der Waals surface area (Å²) in [7, 11) is 0. The highest BCUT2D eigenvalue weighted by molar-refractivity contribution is 6.36. The van der Waals surface area contributed by atoms with Crippen molar-refractivity contribution in [3.63, 3.8) is 0 Å². The molecule has 0 amide bonds. The Morgan fingerprint density at radius 1 is 1.26 bits per heavy atom. The molecule has 0 aliphatic rings. The predicted octanol–water partition coefficient (Wildman–Crippen LogP) is 4.18. The molecule has 0 saturated carbocycles. The number of rotatable bonds is 2. The molecule has 19 heavy (non-hydrogen) atoms. The summed E-state index contributed by atoms with van der Waals surface area (Å²) < 4.78 is 0. The van der Waals surface area contributed by atoms with Crippen LogP contribution in [0.15, 0.2) is 23.0 Å². The smallest absolute Gasteiger partial charge is 0.254 e. The van der Waals surface area contributed by atoms with E-state index in [1.54, 1.807) is 25.1 Å². The fraction of sp³-hybridized carbons (Fsp3) is 0.286. The fourth-order valence-corrected chi connectivity index (χ4v) is 2.27. The second kappa shape index (κ2) is 5.35. The molecule has 3 nitrogen and oxygen atoms in total. The summed E-state index contributed by atoms with van der Waals surface area (Å²) in [6.45, 7) is 5.68. The lowest BCUT2D eigenvalue weighted by molar-refractivity contribution is 0.765.